The molecule has 0 atom stereocenters. The van der Waals surface area contributed by atoms with Gasteiger partial charge in [0.2, 0.25) is 0 Å². The molecule has 1 aromatic heterocycles. The van der Waals surface area contributed by atoms with Crippen molar-refractivity contribution in [2.45, 2.75) is 26.7 Å². The molecule has 2 N–H and O–H groups in total. The summed E-state index contributed by atoms with van der Waals surface area (Å²) >= 11 is 0. The van der Waals surface area contributed by atoms with E-state index in [-0.39, 0.29) is 5.91 Å². The van der Waals surface area contributed by atoms with Gasteiger partial charge in [0.05, 0.1) is 5.56 Å². The van der Waals surface area contributed by atoms with Gasteiger partial charge in [-0.1, -0.05) is 26.7 Å². The van der Waals surface area contributed by atoms with E-state index in [2.05, 4.69) is 24.1 Å². The molecule has 0 saturated carbocycles. The molecule has 0 fully saturated rings. The molecule has 0 aliphatic carbocycles. The van der Waals surface area contributed by atoms with Crippen LogP contribution in [0.2, 0.25) is 0 Å². The van der Waals surface area contributed by atoms with Crippen molar-refractivity contribution in [1.82, 2.24) is 10.3 Å². The minimum Gasteiger partial charge on any atom is -0.478 e. The number of amides is 1. The summed E-state index contributed by atoms with van der Waals surface area (Å²) in [5.41, 5.74) is 1.02. The summed E-state index contributed by atoms with van der Waals surface area (Å²) in [6.07, 6.45) is 7.46. The Labute approximate surface area is 118 Å². The molecule has 5 nitrogen and oxygen atoms in total. The van der Waals surface area contributed by atoms with Gasteiger partial charge in [-0.05, 0) is 23.6 Å². The van der Waals surface area contributed by atoms with Crippen LogP contribution in [0.1, 0.15) is 42.6 Å². The Morgan fingerprint density at radius 2 is 2.05 bits per heavy atom. The molecule has 1 amide bonds. The van der Waals surface area contributed by atoms with Crippen molar-refractivity contribution in [2.24, 2.45) is 5.92 Å². The van der Waals surface area contributed by atoms with Crippen LogP contribution in [0.15, 0.2) is 24.5 Å². The Morgan fingerprint density at radius 1 is 1.35 bits per heavy atom. The van der Waals surface area contributed by atoms with Gasteiger partial charge < -0.3 is 10.4 Å². The van der Waals surface area contributed by atoms with E-state index in [0.717, 1.165) is 18.9 Å². The summed E-state index contributed by atoms with van der Waals surface area (Å²) in [5.74, 6) is -0.745. The third kappa shape index (κ3) is 5.22. The standard InChI is InChI=1S/C15H20N2O3/c1-3-11(4-2)9-17-15(20)13-7-12(8-16-10-13)5-6-14(18)19/h5-8,10-11H,3-4,9H2,1-2H3,(H,17,20)(H,18,19)/b6-5+. The number of carboxylic acids is 1. The van der Waals surface area contributed by atoms with Crippen molar-refractivity contribution in [3.63, 3.8) is 0 Å². The predicted molar refractivity (Wildman–Crippen MR) is 77.3 cm³/mol. The molecule has 0 aromatic carbocycles. The first kappa shape index (κ1) is 15.9. The molecule has 0 unspecified atom stereocenters. The maximum Gasteiger partial charge on any atom is 0.328 e. The minimum atomic E-state index is -1.03. The van der Waals surface area contributed by atoms with Crippen LogP contribution in [0.3, 0.4) is 0 Å². The number of pyridine rings is 1. The summed E-state index contributed by atoms with van der Waals surface area (Å²) < 4.78 is 0. The quantitative estimate of drug-likeness (QED) is 0.749. The lowest BCUT2D eigenvalue weighted by Crippen LogP contribution is -2.29. The Bertz CT molecular complexity index is 494. The molecule has 0 aliphatic heterocycles. The largest absolute Gasteiger partial charge is 0.478 e. The van der Waals surface area contributed by atoms with Crippen LogP contribution in [0.25, 0.3) is 6.08 Å². The van der Waals surface area contributed by atoms with E-state index in [1.165, 1.54) is 18.5 Å². The SMILES string of the molecule is CCC(CC)CNC(=O)c1cncc(/C=C/C(=O)O)c1. The van der Waals surface area contributed by atoms with Gasteiger partial charge in [-0.3, -0.25) is 9.78 Å². The number of hydrogen-bond donors (Lipinski definition) is 2. The monoisotopic (exact) mass is 276 g/mol. The molecule has 5 heteroatoms. The van der Waals surface area contributed by atoms with E-state index >= 15 is 0 Å². The van der Waals surface area contributed by atoms with E-state index in [0.29, 0.717) is 23.6 Å². The number of nitrogens with one attached hydrogen (secondary N) is 1. The Hall–Kier alpha value is -2.17. The number of rotatable bonds is 7. The molecule has 1 heterocycles. The summed E-state index contributed by atoms with van der Waals surface area (Å²) in [5, 5.41) is 11.4. The highest BCUT2D eigenvalue weighted by Crippen LogP contribution is 2.08. The highest BCUT2D eigenvalue weighted by molar-refractivity contribution is 5.94. The smallest absolute Gasteiger partial charge is 0.328 e. The van der Waals surface area contributed by atoms with Gasteiger partial charge in [-0.15, -0.1) is 0 Å². The first-order valence-electron chi connectivity index (χ1n) is 6.71. The van der Waals surface area contributed by atoms with E-state index in [9.17, 15) is 9.59 Å². The lowest BCUT2D eigenvalue weighted by Gasteiger charge is -2.13. The highest BCUT2D eigenvalue weighted by atomic mass is 16.4. The second-order valence-electron chi connectivity index (χ2n) is 4.57. The maximum absolute atomic E-state index is 12.0. The van der Waals surface area contributed by atoms with Gasteiger partial charge in [-0.2, -0.15) is 0 Å². The zero-order valence-electron chi connectivity index (χ0n) is 11.8. The van der Waals surface area contributed by atoms with E-state index in [4.69, 9.17) is 5.11 Å². The topological polar surface area (TPSA) is 79.3 Å². The molecule has 0 aliphatic rings. The zero-order chi connectivity index (χ0) is 15.0. The zero-order valence-corrected chi connectivity index (χ0v) is 11.8. The third-order valence-corrected chi connectivity index (χ3v) is 3.15. The maximum atomic E-state index is 12.0. The van der Waals surface area contributed by atoms with Crippen molar-refractivity contribution in [3.05, 3.63) is 35.7 Å². The van der Waals surface area contributed by atoms with Crippen LogP contribution in [-0.4, -0.2) is 28.5 Å². The van der Waals surface area contributed by atoms with Gasteiger partial charge in [-0.25, -0.2) is 4.79 Å². The number of carboxylic acid groups (broad SMARTS) is 1. The molecule has 20 heavy (non-hydrogen) atoms. The molecule has 0 radical (unpaired) electrons. The lowest BCUT2D eigenvalue weighted by atomic mass is 10.0. The summed E-state index contributed by atoms with van der Waals surface area (Å²) in [6.45, 7) is 4.83. The Balaban J connectivity index is 2.69. The summed E-state index contributed by atoms with van der Waals surface area (Å²) in [6, 6.07) is 1.62. The fourth-order valence-corrected chi connectivity index (χ4v) is 1.76. The van der Waals surface area contributed by atoms with Gasteiger partial charge >= 0.3 is 5.97 Å². The van der Waals surface area contributed by atoms with Crippen molar-refractivity contribution in [2.75, 3.05) is 6.54 Å². The predicted octanol–water partition coefficient (Wildman–Crippen LogP) is 2.35. The molecular formula is C15H20N2O3. The van der Waals surface area contributed by atoms with Crippen molar-refractivity contribution in [1.29, 1.82) is 0 Å². The third-order valence-electron chi connectivity index (χ3n) is 3.15. The van der Waals surface area contributed by atoms with Crippen LogP contribution < -0.4 is 5.32 Å². The number of nitrogens with zero attached hydrogens (tertiary/aromatic N) is 1. The average molecular weight is 276 g/mol. The van der Waals surface area contributed by atoms with E-state index in [1.54, 1.807) is 6.07 Å². The normalized spacial score (nSPS) is 10.9. The van der Waals surface area contributed by atoms with Crippen molar-refractivity contribution < 1.29 is 14.7 Å². The van der Waals surface area contributed by atoms with Crippen LogP contribution in [0.5, 0.6) is 0 Å². The van der Waals surface area contributed by atoms with Gasteiger partial charge in [0.1, 0.15) is 0 Å². The van der Waals surface area contributed by atoms with Crippen molar-refractivity contribution in [3.8, 4) is 0 Å². The Kier molecular flexibility index (Phi) is 6.43. The molecular weight excluding hydrogens is 256 g/mol. The van der Waals surface area contributed by atoms with E-state index < -0.39 is 5.97 Å². The minimum absolute atomic E-state index is 0.185. The second-order valence-corrected chi connectivity index (χ2v) is 4.57. The number of carbonyl (C=O) groups excluding carboxylic acids is 1. The van der Waals surface area contributed by atoms with Crippen LogP contribution in [0, 0.1) is 5.92 Å². The number of carbonyl (C=O) groups is 2. The fraction of sp³-hybridized carbons (Fsp3) is 0.400. The van der Waals surface area contributed by atoms with Crippen LogP contribution in [-0.2, 0) is 4.79 Å². The molecule has 0 bridgehead atoms. The molecule has 0 saturated heterocycles. The number of aromatic nitrogens is 1. The molecule has 1 aromatic rings. The Morgan fingerprint density at radius 3 is 2.65 bits per heavy atom. The first-order chi connectivity index (χ1) is 9.56. The van der Waals surface area contributed by atoms with Gasteiger partial charge in [0, 0.05) is 25.0 Å². The van der Waals surface area contributed by atoms with Gasteiger partial charge in [0.25, 0.3) is 5.91 Å². The lowest BCUT2D eigenvalue weighted by molar-refractivity contribution is -0.131. The van der Waals surface area contributed by atoms with Crippen LogP contribution in [0.4, 0.5) is 0 Å². The molecule has 108 valence electrons. The summed E-state index contributed by atoms with van der Waals surface area (Å²) in [4.78, 5) is 26.4. The van der Waals surface area contributed by atoms with Crippen molar-refractivity contribution >= 4 is 18.0 Å². The summed E-state index contributed by atoms with van der Waals surface area (Å²) in [7, 11) is 0. The van der Waals surface area contributed by atoms with Crippen LogP contribution >= 0.6 is 0 Å². The fourth-order valence-electron chi connectivity index (χ4n) is 1.76. The highest BCUT2D eigenvalue weighted by Gasteiger charge is 2.09. The number of aliphatic carboxylic acids is 1. The molecule has 1 rings (SSSR count). The van der Waals surface area contributed by atoms with Gasteiger partial charge in [0.15, 0.2) is 0 Å². The molecule has 0 spiro atoms. The van der Waals surface area contributed by atoms with E-state index in [1.807, 2.05) is 0 Å². The first-order valence-corrected chi connectivity index (χ1v) is 6.71. The average Bonchev–Trinajstić information content (AvgIpc) is 2.46. The second kappa shape index (κ2) is 8.09. The number of hydrogen-bond acceptors (Lipinski definition) is 3.